The van der Waals surface area contributed by atoms with Crippen LogP contribution in [0.15, 0.2) is 59.7 Å². The first-order valence-corrected chi connectivity index (χ1v) is 17.4. The number of nitrogens with one attached hydrogen (secondary N) is 2. The van der Waals surface area contributed by atoms with Crippen molar-refractivity contribution >= 4 is 45.5 Å². The van der Waals surface area contributed by atoms with Crippen molar-refractivity contribution in [3.8, 4) is 0 Å². The molecule has 2 N–H and O–H groups in total. The van der Waals surface area contributed by atoms with Crippen LogP contribution in [-0.4, -0.2) is 71.1 Å². The van der Waals surface area contributed by atoms with Crippen molar-refractivity contribution in [1.82, 2.24) is 39.1 Å². The molecule has 1 aliphatic carbocycles. The summed E-state index contributed by atoms with van der Waals surface area (Å²) in [7, 11) is 1.74. The first kappa shape index (κ1) is 33.7. The van der Waals surface area contributed by atoms with Crippen LogP contribution >= 0.6 is 0 Å². The summed E-state index contributed by atoms with van der Waals surface area (Å²) < 4.78 is 44.2. The summed E-state index contributed by atoms with van der Waals surface area (Å²) in [5.41, 5.74) is 1.55. The van der Waals surface area contributed by atoms with Crippen LogP contribution in [0.2, 0.25) is 0 Å². The SMILES string of the molecule is Cn1c(=O)n(C2CCC(=O)NC2=O)c2cccc(C3CN(C[C@H]4CC[C@H](n5cc6cc(NC(=O)c7cccc(C(F)(F)F)n7)ncc6n5)CC4)C3)c21. The zero-order valence-electron chi connectivity index (χ0n) is 28.3. The van der Waals surface area contributed by atoms with E-state index in [4.69, 9.17) is 5.10 Å². The fourth-order valence-electron chi connectivity index (χ4n) is 8.00. The largest absolute Gasteiger partial charge is 0.433 e. The summed E-state index contributed by atoms with van der Waals surface area (Å²) in [5.74, 6) is -0.536. The fourth-order valence-corrected chi connectivity index (χ4v) is 8.00. The van der Waals surface area contributed by atoms with Crippen LogP contribution in [0, 0.1) is 5.92 Å². The Bertz CT molecular complexity index is 2280. The number of likely N-dealkylation sites (tertiary alicyclic amines) is 1. The highest BCUT2D eigenvalue weighted by Gasteiger charge is 2.36. The number of amides is 3. The van der Waals surface area contributed by atoms with Gasteiger partial charge in [0.25, 0.3) is 5.91 Å². The van der Waals surface area contributed by atoms with Crippen LogP contribution in [-0.2, 0) is 22.8 Å². The van der Waals surface area contributed by atoms with E-state index in [0.29, 0.717) is 23.4 Å². The molecule has 3 amide bonds. The van der Waals surface area contributed by atoms with Crippen LogP contribution < -0.4 is 16.3 Å². The molecule has 3 aliphatic rings. The van der Waals surface area contributed by atoms with E-state index >= 15 is 0 Å². The Morgan fingerprint density at radius 2 is 1.79 bits per heavy atom. The normalized spacial score (nSPS) is 21.7. The van der Waals surface area contributed by atoms with Gasteiger partial charge >= 0.3 is 11.9 Å². The molecule has 8 rings (SSSR count). The second-order valence-corrected chi connectivity index (χ2v) is 14.1. The predicted molar refractivity (Wildman–Crippen MR) is 183 cm³/mol. The van der Waals surface area contributed by atoms with Crippen LogP contribution in [0.5, 0.6) is 0 Å². The van der Waals surface area contributed by atoms with E-state index in [9.17, 15) is 32.3 Å². The molecule has 2 saturated heterocycles. The molecule has 5 aromatic rings. The van der Waals surface area contributed by atoms with Crippen molar-refractivity contribution < 1.29 is 27.6 Å². The lowest BCUT2D eigenvalue weighted by Gasteiger charge is -2.43. The summed E-state index contributed by atoms with van der Waals surface area (Å²) in [4.78, 5) is 60.4. The van der Waals surface area contributed by atoms with Gasteiger partial charge in [0.15, 0.2) is 0 Å². The number of fused-ring (bicyclic) bond motifs is 2. The van der Waals surface area contributed by atoms with Crippen molar-refractivity contribution in [3.63, 3.8) is 0 Å². The van der Waals surface area contributed by atoms with E-state index in [2.05, 4.69) is 31.6 Å². The number of imide groups is 1. The number of carbonyl (C=O) groups is 3. The van der Waals surface area contributed by atoms with Gasteiger partial charge in [-0.15, -0.1) is 0 Å². The number of para-hydroxylation sites is 1. The molecule has 1 aromatic carbocycles. The topological polar surface area (TPSA) is 149 Å². The zero-order valence-corrected chi connectivity index (χ0v) is 28.3. The third-order valence-electron chi connectivity index (χ3n) is 10.7. The van der Waals surface area contributed by atoms with Gasteiger partial charge in [0.1, 0.15) is 28.8 Å². The minimum Gasteiger partial charge on any atom is -0.305 e. The zero-order chi connectivity index (χ0) is 36.3. The number of rotatable bonds is 7. The highest BCUT2D eigenvalue weighted by atomic mass is 19.4. The lowest BCUT2D eigenvalue weighted by Crippen LogP contribution is -2.47. The molecule has 270 valence electrons. The van der Waals surface area contributed by atoms with Gasteiger partial charge in [0.2, 0.25) is 11.8 Å². The van der Waals surface area contributed by atoms with Crippen molar-refractivity contribution in [1.29, 1.82) is 0 Å². The number of anilines is 1. The maximum atomic E-state index is 13.3. The number of imidazole rings is 1. The number of piperidine rings is 1. The Kier molecular flexibility index (Phi) is 8.43. The van der Waals surface area contributed by atoms with Gasteiger partial charge in [-0.3, -0.25) is 33.5 Å². The molecule has 52 heavy (non-hydrogen) atoms. The van der Waals surface area contributed by atoms with E-state index in [-0.39, 0.29) is 41.5 Å². The molecule has 13 nitrogen and oxygen atoms in total. The molecule has 0 radical (unpaired) electrons. The number of hydrogen-bond acceptors (Lipinski definition) is 8. The van der Waals surface area contributed by atoms with Gasteiger partial charge in [-0.2, -0.15) is 18.3 Å². The average Bonchev–Trinajstić information content (AvgIpc) is 3.64. The van der Waals surface area contributed by atoms with E-state index in [0.717, 1.165) is 73.9 Å². The molecule has 1 atom stereocenters. The molecule has 0 bridgehead atoms. The van der Waals surface area contributed by atoms with Gasteiger partial charge in [-0.1, -0.05) is 18.2 Å². The van der Waals surface area contributed by atoms with E-state index < -0.39 is 29.7 Å². The number of alkyl halides is 3. The molecule has 0 spiro atoms. The minimum absolute atomic E-state index is 0.193. The summed E-state index contributed by atoms with van der Waals surface area (Å²) in [5, 5.41) is 10.4. The Morgan fingerprint density at radius 3 is 2.54 bits per heavy atom. The summed E-state index contributed by atoms with van der Waals surface area (Å²) in [6.07, 6.45) is 3.31. The van der Waals surface area contributed by atoms with Crippen LogP contribution in [0.1, 0.15) is 78.3 Å². The number of pyridine rings is 2. The molecule has 6 heterocycles. The molecule has 16 heteroatoms. The third-order valence-corrected chi connectivity index (χ3v) is 10.7. The quantitative estimate of drug-likeness (QED) is 0.233. The highest BCUT2D eigenvalue weighted by Crippen LogP contribution is 2.38. The molecular weight excluding hydrogens is 679 g/mol. The predicted octanol–water partition coefficient (Wildman–Crippen LogP) is 4.56. The van der Waals surface area contributed by atoms with Crippen molar-refractivity contribution in [2.45, 2.75) is 62.7 Å². The van der Waals surface area contributed by atoms with E-state index in [1.54, 1.807) is 17.7 Å². The Morgan fingerprint density at radius 1 is 1.02 bits per heavy atom. The summed E-state index contributed by atoms with van der Waals surface area (Å²) in [6.45, 7) is 2.76. The molecule has 1 saturated carbocycles. The fraction of sp³-hybridized carbons (Fsp3) is 0.417. The van der Waals surface area contributed by atoms with Gasteiger partial charge < -0.3 is 10.2 Å². The van der Waals surface area contributed by atoms with Crippen molar-refractivity contribution in [2.24, 2.45) is 13.0 Å². The number of benzene rings is 1. The summed E-state index contributed by atoms with van der Waals surface area (Å²) in [6, 6.07) is 10.2. The first-order valence-electron chi connectivity index (χ1n) is 17.4. The van der Waals surface area contributed by atoms with Crippen LogP contribution in [0.25, 0.3) is 21.9 Å². The molecular formula is C36H36F3N9O4. The standard InChI is InChI=1S/C36H36F3N9O4/c1-45-32-24(4-2-6-27(32)48(35(45)52)28-12-13-31(49)43-34(28)51)22-17-46(18-22)16-20-8-10-23(11-9-20)47-19-21-14-30(40-15-26(21)44-47)42-33(50)25-5-3-7-29(41-25)36(37,38)39/h2-7,14-15,19-20,22-23,28H,8-13,16-18H2,1H3,(H,42,50)(H,43,49,51)/t20-,23-,28?. The molecule has 4 aromatic heterocycles. The lowest BCUT2D eigenvalue weighted by molar-refractivity contribution is -0.141. The molecule has 3 fully saturated rings. The monoisotopic (exact) mass is 715 g/mol. The van der Waals surface area contributed by atoms with Crippen molar-refractivity contribution in [2.75, 3.05) is 25.0 Å². The number of halogens is 3. The van der Waals surface area contributed by atoms with Crippen molar-refractivity contribution in [3.05, 3.63) is 82.3 Å². The molecule has 2 aliphatic heterocycles. The second kappa shape index (κ2) is 13.0. The van der Waals surface area contributed by atoms with Gasteiger partial charge in [-0.25, -0.2) is 14.8 Å². The Labute approximate surface area is 294 Å². The first-order chi connectivity index (χ1) is 24.9. The van der Waals surface area contributed by atoms with Gasteiger partial charge in [0.05, 0.1) is 23.3 Å². The lowest BCUT2D eigenvalue weighted by atomic mass is 9.83. The Balaban J connectivity index is 0.866. The number of aromatic nitrogens is 6. The third kappa shape index (κ3) is 6.24. The van der Waals surface area contributed by atoms with Crippen LogP contribution in [0.3, 0.4) is 0 Å². The molecule has 1 unspecified atom stereocenters. The van der Waals surface area contributed by atoms with E-state index in [1.165, 1.54) is 16.8 Å². The smallest absolute Gasteiger partial charge is 0.305 e. The minimum atomic E-state index is -4.66. The number of hydrogen-bond donors (Lipinski definition) is 2. The highest BCUT2D eigenvalue weighted by molar-refractivity contribution is 6.03. The van der Waals surface area contributed by atoms with Gasteiger partial charge in [0, 0.05) is 50.6 Å². The van der Waals surface area contributed by atoms with Gasteiger partial charge in [-0.05, 0) is 67.9 Å². The van der Waals surface area contributed by atoms with Crippen LogP contribution in [0.4, 0.5) is 19.0 Å². The number of carbonyl (C=O) groups excluding carboxylic acids is 3. The second-order valence-electron chi connectivity index (χ2n) is 14.1. The van der Waals surface area contributed by atoms with E-state index in [1.807, 2.05) is 23.0 Å². The summed E-state index contributed by atoms with van der Waals surface area (Å²) >= 11 is 0. The maximum Gasteiger partial charge on any atom is 0.433 e. The Hall–Kier alpha value is -5.38. The average molecular weight is 716 g/mol. The maximum absolute atomic E-state index is 13.3. The number of nitrogens with zero attached hydrogens (tertiary/aromatic N) is 7. The number of aryl methyl sites for hydroxylation is 1.